The van der Waals surface area contributed by atoms with Gasteiger partial charge in [-0.25, -0.2) is 9.59 Å². The number of aromatic amines is 1. The first-order valence-electron chi connectivity index (χ1n) is 6.46. The number of carboxylic acid groups (broad SMARTS) is 1. The Hall–Kier alpha value is -1.98. The molecule has 1 atom stereocenters. The van der Waals surface area contributed by atoms with Crippen LogP contribution in [-0.2, 0) is 0 Å². The van der Waals surface area contributed by atoms with Gasteiger partial charge >= 0.3 is 12.0 Å². The molecule has 1 fully saturated rings. The van der Waals surface area contributed by atoms with Gasteiger partial charge in [0.05, 0.1) is 5.69 Å². The van der Waals surface area contributed by atoms with Gasteiger partial charge in [0, 0.05) is 25.0 Å². The maximum Gasteiger partial charge on any atom is 0.339 e. The zero-order valence-corrected chi connectivity index (χ0v) is 11.2. The van der Waals surface area contributed by atoms with E-state index in [1.165, 1.54) is 6.20 Å². The van der Waals surface area contributed by atoms with E-state index in [9.17, 15) is 9.59 Å². The van der Waals surface area contributed by atoms with Gasteiger partial charge in [0.15, 0.2) is 0 Å². The van der Waals surface area contributed by atoms with Crippen molar-refractivity contribution in [2.24, 2.45) is 5.92 Å². The second-order valence-corrected chi connectivity index (χ2v) is 5.13. The molecule has 0 spiro atoms. The summed E-state index contributed by atoms with van der Waals surface area (Å²) in [6, 6.07) is -0.229. The van der Waals surface area contributed by atoms with Crippen LogP contribution in [0.2, 0.25) is 0 Å². The van der Waals surface area contributed by atoms with E-state index in [-0.39, 0.29) is 11.6 Å². The third-order valence-corrected chi connectivity index (χ3v) is 3.48. The van der Waals surface area contributed by atoms with Crippen LogP contribution in [0.4, 0.5) is 10.5 Å². The van der Waals surface area contributed by atoms with Crippen LogP contribution in [0.25, 0.3) is 0 Å². The summed E-state index contributed by atoms with van der Waals surface area (Å²) in [5, 5.41) is 11.8. The molecule has 1 aromatic heterocycles. The number of aromatic nitrogens is 1. The number of aryl methyl sites for hydroxylation is 1. The standard InChI is InChI=1S/C13H19N3O3/c1-8-4-3-5-16(7-8)13(19)15-10-6-14-9(2)11(10)12(17)18/h6,8,14H,3-5,7H2,1-2H3,(H,15,19)(H,17,18). The average molecular weight is 265 g/mol. The molecule has 1 aliphatic heterocycles. The van der Waals surface area contributed by atoms with Crippen LogP contribution in [0.3, 0.4) is 0 Å². The number of carboxylic acids is 1. The molecule has 0 saturated carbocycles. The lowest BCUT2D eigenvalue weighted by Gasteiger charge is -2.30. The van der Waals surface area contributed by atoms with Crippen LogP contribution >= 0.6 is 0 Å². The third kappa shape index (κ3) is 2.89. The van der Waals surface area contributed by atoms with E-state index in [2.05, 4.69) is 17.2 Å². The Balaban J connectivity index is 2.08. The van der Waals surface area contributed by atoms with Crippen LogP contribution in [0.15, 0.2) is 6.20 Å². The number of anilines is 1. The molecule has 19 heavy (non-hydrogen) atoms. The molecule has 0 bridgehead atoms. The number of rotatable bonds is 2. The number of carbonyl (C=O) groups excluding carboxylic acids is 1. The molecule has 1 aromatic rings. The fraction of sp³-hybridized carbons (Fsp3) is 0.538. The number of urea groups is 1. The highest BCUT2D eigenvalue weighted by molar-refractivity contribution is 6.01. The molecular weight excluding hydrogens is 246 g/mol. The lowest BCUT2D eigenvalue weighted by molar-refractivity contribution is 0.0697. The molecule has 1 saturated heterocycles. The minimum Gasteiger partial charge on any atom is -0.478 e. The number of hydrogen-bond donors (Lipinski definition) is 3. The lowest BCUT2D eigenvalue weighted by atomic mass is 10.0. The van der Waals surface area contributed by atoms with Crippen molar-refractivity contribution in [3.05, 3.63) is 17.5 Å². The number of likely N-dealkylation sites (tertiary alicyclic amines) is 1. The Bertz CT molecular complexity index is 495. The van der Waals surface area contributed by atoms with E-state index in [1.807, 2.05) is 0 Å². The van der Waals surface area contributed by atoms with E-state index in [0.717, 1.165) is 25.9 Å². The molecular formula is C13H19N3O3. The largest absolute Gasteiger partial charge is 0.478 e. The maximum absolute atomic E-state index is 12.1. The highest BCUT2D eigenvalue weighted by atomic mass is 16.4. The molecule has 0 aliphatic carbocycles. The lowest BCUT2D eigenvalue weighted by Crippen LogP contribution is -2.41. The Kier molecular flexibility index (Phi) is 3.78. The summed E-state index contributed by atoms with van der Waals surface area (Å²) in [4.78, 5) is 27.8. The van der Waals surface area contributed by atoms with Gasteiger partial charge in [-0.3, -0.25) is 0 Å². The Morgan fingerprint density at radius 2 is 2.26 bits per heavy atom. The second-order valence-electron chi connectivity index (χ2n) is 5.13. The van der Waals surface area contributed by atoms with Crippen LogP contribution < -0.4 is 5.32 Å². The van der Waals surface area contributed by atoms with E-state index in [4.69, 9.17) is 5.11 Å². The predicted octanol–water partition coefficient (Wildman–Crippen LogP) is 2.29. The van der Waals surface area contributed by atoms with Crippen LogP contribution in [-0.4, -0.2) is 40.1 Å². The van der Waals surface area contributed by atoms with Gasteiger partial charge in [0.2, 0.25) is 0 Å². The van der Waals surface area contributed by atoms with Gasteiger partial charge < -0.3 is 20.3 Å². The molecule has 1 aliphatic rings. The number of nitrogens with zero attached hydrogens (tertiary/aromatic N) is 1. The fourth-order valence-corrected chi connectivity index (χ4v) is 2.47. The van der Waals surface area contributed by atoms with Gasteiger partial charge in [-0.1, -0.05) is 6.92 Å². The molecule has 2 amide bonds. The summed E-state index contributed by atoms with van der Waals surface area (Å²) in [6.07, 6.45) is 3.64. The summed E-state index contributed by atoms with van der Waals surface area (Å²) in [6.45, 7) is 5.23. The molecule has 0 aromatic carbocycles. The third-order valence-electron chi connectivity index (χ3n) is 3.48. The quantitative estimate of drug-likeness (QED) is 0.766. The number of amides is 2. The summed E-state index contributed by atoms with van der Waals surface area (Å²) >= 11 is 0. The molecule has 0 radical (unpaired) electrons. The highest BCUT2D eigenvalue weighted by Crippen LogP contribution is 2.21. The number of piperidine rings is 1. The zero-order chi connectivity index (χ0) is 14.0. The van der Waals surface area contributed by atoms with Crippen molar-refractivity contribution in [1.29, 1.82) is 0 Å². The van der Waals surface area contributed by atoms with Crippen molar-refractivity contribution >= 4 is 17.7 Å². The fourth-order valence-electron chi connectivity index (χ4n) is 2.47. The summed E-state index contributed by atoms with van der Waals surface area (Å²) in [7, 11) is 0. The smallest absolute Gasteiger partial charge is 0.339 e. The second kappa shape index (κ2) is 5.34. The van der Waals surface area contributed by atoms with Crippen LogP contribution in [0.1, 0.15) is 35.8 Å². The SMILES string of the molecule is Cc1[nH]cc(NC(=O)N2CCCC(C)C2)c1C(=O)O. The molecule has 6 nitrogen and oxygen atoms in total. The molecule has 2 rings (SSSR count). The van der Waals surface area contributed by atoms with Gasteiger partial charge in [-0.2, -0.15) is 0 Å². The monoisotopic (exact) mass is 265 g/mol. The van der Waals surface area contributed by atoms with Gasteiger partial charge in [0.25, 0.3) is 0 Å². The van der Waals surface area contributed by atoms with E-state index >= 15 is 0 Å². The van der Waals surface area contributed by atoms with Crippen molar-refractivity contribution < 1.29 is 14.7 Å². The molecule has 3 N–H and O–H groups in total. The number of nitrogens with one attached hydrogen (secondary N) is 2. The minimum absolute atomic E-state index is 0.124. The molecule has 2 heterocycles. The van der Waals surface area contributed by atoms with E-state index < -0.39 is 5.97 Å². The Labute approximate surface area is 111 Å². The van der Waals surface area contributed by atoms with Gasteiger partial charge in [0.1, 0.15) is 5.56 Å². The Morgan fingerprint density at radius 1 is 1.53 bits per heavy atom. The number of carbonyl (C=O) groups is 2. The van der Waals surface area contributed by atoms with Crippen molar-refractivity contribution in [3.8, 4) is 0 Å². The highest BCUT2D eigenvalue weighted by Gasteiger charge is 2.23. The number of aromatic carboxylic acids is 1. The first-order valence-corrected chi connectivity index (χ1v) is 6.46. The number of H-pyrrole nitrogens is 1. The number of hydrogen-bond acceptors (Lipinski definition) is 2. The molecule has 6 heteroatoms. The molecule has 104 valence electrons. The normalized spacial score (nSPS) is 19.3. The van der Waals surface area contributed by atoms with Crippen molar-refractivity contribution in [1.82, 2.24) is 9.88 Å². The topological polar surface area (TPSA) is 85.4 Å². The maximum atomic E-state index is 12.1. The summed E-state index contributed by atoms with van der Waals surface area (Å²) in [5.74, 6) is -0.549. The van der Waals surface area contributed by atoms with Crippen molar-refractivity contribution in [2.45, 2.75) is 26.7 Å². The first kappa shape index (κ1) is 13.5. The average Bonchev–Trinajstić information content (AvgIpc) is 2.70. The van der Waals surface area contributed by atoms with E-state index in [1.54, 1.807) is 11.8 Å². The summed E-state index contributed by atoms with van der Waals surface area (Å²) < 4.78 is 0. The first-order chi connectivity index (χ1) is 8.99. The van der Waals surface area contributed by atoms with Crippen molar-refractivity contribution in [2.75, 3.05) is 18.4 Å². The van der Waals surface area contributed by atoms with Gasteiger partial charge in [-0.15, -0.1) is 0 Å². The van der Waals surface area contributed by atoms with Gasteiger partial charge in [-0.05, 0) is 25.7 Å². The predicted molar refractivity (Wildman–Crippen MR) is 71.5 cm³/mol. The van der Waals surface area contributed by atoms with Crippen LogP contribution in [0, 0.1) is 12.8 Å². The Morgan fingerprint density at radius 3 is 2.89 bits per heavy atom. The van der Waals surface area contributed by atoms with Crippen LogP contribution in [0.5, 0.6) is 0 Å². The minimum atomic E-state index is -1.04. The molecule has 1 unspecified atom stereocenters. The zero-order valence-electron chi connectivity index (χ0n) is 11.2. The summed E-state index contributed by atoms with van der Waals surface area (Å²) in [5.41, 5.74) is 0.987. The van der Waals surface area contributed by atoms with Crippen molar-refractivity contribution in [3.63, 3.8) is 0 Å². The van der Waals surface area contributed by atoms with E-state index in [0.29, 0.717) is 17.3 Å².